The van der Waals surface area contributed by atoms with Gasteiger partial charge >= 0.3 is 17.9 Å². The SMILES string of the molecule is NCC(CC(=O)O)(CC(=O)O)N(CCO)CC(=O)O. The molecule has 110 valence electrons. The van der Waals surface area contributed by atoms with Crippen molar-refractivity contribution in [2.45, 2.75) is 18.4 Å². The number of hydrogen-bond acceptors (Lipinski definition) is 6. The second kappa shape index (κ2) is 7.67. The van der Waals surface area contributed by atoms with Crippen LogP contribution < -0.4 is 5.73 Å². The third kappa shape index (κ3) is 5.64. The summed E-state index contributed by atoms with van der Waals surface area (Å²) in [6, 6.07) is 0. The highest BCUT2D eigenvalue weighted by Gasteiger charge is 2.40. The average molecular weight is 278 g/mol. The number of aliphatic hydroxyl groups is 1. The maximum atomic E-state index is 10.9. The zero-order valence-corrected chi connectivity index (χ0v) is 10.3. The highest BCUT2D eigenvalue weighted by Crippen LogP contribution is 2.23. The van der Waals surface area contributed by atoms with Gasteiger partial charge in [0.25, 0.3) is 0 Å². The fourth-order valence-electron chi connectivity index (χ4n) is 1.89. The van der Waals surface area contributed by atoms with Crippen molar-refractivity contribution >= 4 is 17.9 Å². The Balaban J connectivity index is 5.36. The molecule has 0 aliphatic rings. The van der Waals surface area contributed by atoms with Gasteiger partial charge in [-0.1, -0.05) is 0 Å². The van der Waals surface area contributed by atoms with Crippen molar-refractivity contribution in [3.63, 3.8) is 0 Å². The largest absolute Gasteiger partial charge is 0.481 e. The smallest absolute Gasteiger partial charge is 0.317 e. The number of carboxylic acids is 3. The van der Waals surface area contributed by atoms with E-state index in [4.69, 9.17) is 26.2 Å². The molecule has 19 heavy (non-hydrogen) atoms. The number of aliphatic carboxylic acids is 3. The number of β-amino-alcohol motifs (C(OH)–C–C–N with tert-alkyl or cyclic N) is 1. The molecule has 9 heteroatoms. The van der Waals surface area contributed by atoms with Gasteiger partial charge in [0, 0.05) is 13.1 Å². The summed E-state index contributed by atoms with van der Waals surface area (Å²) in [5.74, 6) is -3.85. The minimum atomic E-state index is -1.54. The summed E-state index contributed by atoms with van der Waals surface area (Å²) in [5.41, 5.74) is 3.93. The predicted octanol–water partition coefficient (Wildman–Crippen LogP) is -1.99. The first-order chi connectivity index (χ1) is 8.77. The van der Waals surface area contributed by atoms with Crippen LogP contribution in [0.2, 0.25) is 0 Å². The van der Waals surface area contributed by atoms with Gasteiger partial charge in [-0.25, -0.2) is 0 Å². The number of nitrogens with two attached hydrogens (primary N) is 1. The van der Waals surface area contributed by atoms with Crippen LogP contribution in [-0.2, 0) is 14.4 Å². The molecule has 6 N–H and O–H groups in total. The summed E-state index contributed by atoms with van der Waals surface area (Å²) in [4.78, 5) is 33.6. The van der Waals surface area contributed by atoms with Crippen LogP contribution in [0.4, 0.5) is 0 Å². The summed E-state index contributed by atoms with van der Waals surface area (Å²) < 4.78 is 0. The fraction of sp³-hybridized carbons (Fsp3) is 0.700. The molecule has 0 bridgehead atoms. The van der Waals surface area contributed by atoms with Crippen molar-refractivity contribution in [1.82, 2.24) is 4.90 Å². The zero-order chi connectivity index (χ0) is 15.1. The first-order valence-electron chi connectivity index (χ1n) is 5.49. The third-order valence-corrected chi connectivity index (χ3v) is 2.71. The fourth-order valence-corrected chi connectivity index (χ4v) is 1.89. The monoisotopic (exact) mass is 278 g/mol. The minimum Gasteiger partial charge on any atom is -0.481 e. The standard InChI is InChI=1S/C10H18N2O7/c11-6-10(3-7(14)15,4-8(16)17)12(1-2-13)5-9(18)19/h13H,1-6,11H2,(H,14,15)(H,16,17)(H,18,19). The Kier molecular flexibility index (Phi) is 6.98. The van der Waals surface area contributed by atoms with E-state index in [1.54, 1.807) is 0 Å². The van der Waals surface area contributed by atoms with Gasteiger partial charge in [0.2, 0.25) is 0 Å². The second-order valence-corrected chi connectivity index (χ2v) is 4.11. The van der Waals surface area contributed by atoms with Crippen molar-refractivity contribution in [2.75, 3.05) is 26.2 Å². The Labute approximate surface area is 109 Å². The number of hydrogen-bond donors (Lipinski definition) is 5. The third-order valence-electron chi connectivity index (χ3n) is 2.71. The lowest BCUT2D eigenvalue weighted by atomic mass is 9.88. The second-order valence-electron chi connectivity index (χ2n) is 4.11. The molecule has 0 unspecified atom stereocenters. The normalized spacial score (nSPS) is 11.5. The van der Waals surface area contributed by atoms with E-state index < -0.39 is 49.4 Å². The van der Waals surface area contributed by atoms with Crippen LogP contribution >= 0.6 is 0 Å². The molecule has 0 radical (unpaired) electrons. The minimum absolute atomic E-state index is 0.177. The van der Waals surface area contributed by atoms with Gasteiger partial charge in [-0.05, 0) is 0 Å². The quantitative estimate of drug-likeness (QED) is 0.304. The van der Waals surface area contributed by atoms with Crippen LogP contribution in [0, 0.1) is 0 Å². The van der Waals surface area contributed by atoms with Crippen molar-refractivity contribution < 1.29 is 34.8 Å². The first-order valence-corrected chi connectivity index (χ1v) is 5.49. The van der Waals surface area contributed by atoms with E-state index in [2.05, 4.69) is 0 Å². The molecular weight excluding hydrogens is 260 g/mol. The highest BCUT2D eigenvalue weighted by molar-refractivity contribution is 5.74. The summed E-state index contributed by atoms with van der Waals surface area (Å²) in [6.45, 7) is -1.56. The van der Waals surface area contributed by atoms with E-state index >= 15 is 0 Å². The van der Waals surface area contributed by atoms with Gasteiger partial charge in [-0.3, -0.25) is 19.3 Å². The zero-order valence-electron chi connectivity index (χ0n) is 10.3. The number of aliphatic hydroxyl groups excluding tert-OH is 1. The molecule has 0 aliphatic heterocycles. The highest BCUT2D eigenvalue weighted by atomic mass is 16.4. The summed E-state index contributed by atoms with van der Waals surface area (Å²) >= 11 is 0. The molecule has 0 aromatic rings. The average Bonchev–Trinajstić information content (AvgIpc) is 2.25. The Bertz CT molecular complexity index is 329. The molecule has 0 heterocycles. The molecule has 0 atom stereocenters. The molecule has 9 nitrogen and oxygen atoms in total. The molecular formula is C10H18N2O7. The lowest BCUT2D eigenvalue weighted by molar-refractivity contribution is -0.150. The van der Waals surface area contributed by atoms with Gasteiger partial charge < -0.3 is 26.2 Å². The van der Waals surface area contributed by atoms with Crippen LogP contribution in [0.3, 0.4) is 0 Å². The van der Waals surface area contributed by atoms with E-state index in [1.165, 1.54) is 0 Å². The van der Waals surface area contributed by atoms with E-state index in [-0.39, 0.29) is 13.1 Å². The van der Waals surface area contributed by atoms with Crippen molar-refractivity contribution in [3.05, 3.63) is 0 Å². The number of carbonyl (C=O) groups is 3. The van der Waals surface area contributed by atoms with Crippen LogP contribution in [0.1, 0.15) is 12.8 Å². The molecule has 0 aromatic carbocycles. The molecule has 0 spiro atoms. The van der Waals surface area contributed by atoms with Crippen LogP contribution in [0.5, 0.6) is 0 Å². The summed E-state index contributed by atoms with van der Waals surface area (Å²) in [6.07, 6.45) is -1.24. The first kappa shape index (κ1) is 17.3. The van der Waals surface area contributed by atoms with Gasteiger partial charge in [-0.15, -0.1) is 0 Å². The van der Waals surface area contributed by atoms with Gasteiger partial charge in [0.05, 0.1) is 31.5 Å². The van der Waals surface area contributed by atoms with Crippen LogP contribution in [0.25, 0.3) is 0 Å². The molecule has 0 amide bonds. The van der Waals surface area contributed by atoms with Gasteiger partial charge in [0.1, 0.15) is 0 Å². The van der Waals surface area contributed by atoms with Crippen molar-refractivity contribution in [1.29, 1.82) is 0 Å². The summed E-state index contributed by atoms with van der Waals surface area (Å²) in [5, 5.41) is 35.4. The van der Waals surface area contributed by atoms with E-state index in [0.29, 0.717) is 0 Å². The van der Waals surface area contributed by atoms with Crippen molar-refractivity contribution in [2.24, 2.45) is 5.73 Å². The lowest BCUT2D eigenvalue weighted by Gasteiger charge is -2.40. The molecule has 0 fully saturated rings. The Morgan fingerprint density at radius 2 is 1.47 bits per heavy atom. The molecule has 0 rings (SSSR count). The van der Waals surface area contributed by atoms with Crippen LogP contribution in [0.15, 0.2) is 0 Å². The Morgan fingerprint density at radius 3 is 1.74 bits per heavy atom. The summed E-state index contributed by atoms with van der Waals surface area (Å²) in [7, 11) is 0. The van der Waals surface area contributed by atoms with E-state index in [0.717, 1.165) is 4.90 Å². The van der Waals surface area contributed by atoms with E-state index in [9.17, 15) is 14.4 Å². The number of carboxylic acid groups (broad SMARTS) is 3. The molecule has 0 aromatic heterocycles. The molecule has 0 saturated heterocycles. The maximum Gasteiger partial charge on any atom is 0.317 e. The number of rotatable bonds is 10. The predicted molar refractivity (Wildman–Crippen MR) is 62.6 cm³/mol. The van der Waals surface area contributed by atoms with E-state index in [1.807, 2.05) is 0 Å². The van der Waals surface area contributed by atoms with Gasteiger partial charge in [-0.2, -0.15) is 0 Å². The van der Waals surface area contributed by atoms with Crippen LogP contribution in [-0.4, -0.2) is 75.0 Å². The maximum absolute atomic E-state index is 10.9. The molecule has 0 aliphatic carbocycles. The lowest BCUT2D eigenvalue weighted by Crippen LogP contribution is -2.58. The topological polar surface area (TPSA) is 161 Å². The Morgan fingerprint density at radius 1 is 1.00 bits per heavy atom. The van der Waals surface area contributed by atoms with Gasteiger partial charge in [0.15, 0.2) is 0 Å². The van der Waals surface area contributed by atoms with Crippen molar-refractivity contribution in [3.8, 4) is 0 Å². The number of nitrogens with zero attached hydrogens (tertiary/aromatic N) is 1. The Hall–Kier alpha value is -1.71. The molecule has 0 saturated carbocycles.